The van der Waals surface area contributed by atoms with Crippen molar-refractivity contribution in [2.24, 2.45) is 5.92 Å². The summed E-state index contributed by atoms with van der Waals surface area (Å²) in [6, 6.07) is 5.96. The molecule has 2 atom stereocenters. The van der Waals surface area contributed by atoms with Gasteiger partial charge in [0, 0.05) is 31.5 Å². The molecule has 0 aliphatic carbocycles. The SMILES string of the molecule is COc1ccc([C@@H]2CNC[C@H]2CO)cc1OC. The molecular formula is C13H19NO3. The first kappa shape index (κ1) is 12.2. The van der Waals surface area contributed by atoms with Crippen molar-refractivity contribution < 1.29 is 14.6 Å². The van der Waals surface area contributed by atoms with E-state index in [2.05, 4.69) is 5.32 Å². The van der Waals surface area contributed by atoms with Gasteiger partial charge in [-0.2, -0.15) is 0 Å². The molecule has 1 aliphatic rings. The van der Waals surface area contributed by atoms with Crippen LogP contribution in [0.2, 0.25) is 0 Å². The zero-order valence-electron chi connectivity index (χ0n) is 10.3. The second-order valence-electron chi connectivity index (χ2n) is 4.32. The van der Waals surface area contributed by atoms with E-state index in [0.29, 0.717) is 5.92 Å². The summed E-state index contributed by atoms with van der Waals surface area (Å²) in [4.78, 5) is 0. The molecule has 1 aliphatic heterocycles. The fraction of sp³-hybridized carbons (Fsp3) is 0.538. The molecule has 0 amide bonds. The molecule has 0 aromatic heterocycles. The number of aliphatic hydroxyl groups is 1. The van der Waals surface area contributed by atoms with Crippen LogP contribution in [0.25, 0.3) is 0 Å². The predicted octanol–water partition coefficient (Wildman–Crippen LogP) is 0.999. The molecule has 1 aromatic rings. The standard InChI is InChI=1S/C13H19NO3/c1-16-12-4-3-9(5-13(12)17-2)11-7-14-6-10(11)8-15/h3-5,10-11,14-15H,6-8H2,1-2H3/t10-,11-/m0/s1. The molecule has 0 saturated carbocycles. The molecule has 4 heteroatoms. The first-order valence-electron chi connectivity index (χ1n) is 5.83. The van der Waals surface area contributed by atoms with Gasteiger partial charge in [-0.25, -0.2) is 0 Å². The van der Waals surface area contributed by atoms with E-state index in [1.807, 2.05) is 18.2 Å². The lowest BCUT2D eigenvalue weighted by Gasteiger charge is -2.18. The van der Waals surface area contributed by atoms with E-state index in [4.69, 9.17) is 9.47 Å². The summed E-state index contributed by atoms with van der Waals surface area (Å²) in [5.41, 5.74) is 1.19. The number of hydrogen-bond acceptors (Lipinski definition) is 4. The summed E-state index contributed by atoms with van der Waals surface area (Å²) in [5.74, 6) is 2.12. The molecule has 1 aromatic carbocycles. The topological polar surface area (TPSA) is 50.7 Å². The van der Waals surface area contributed by atoms with Crippen LogP contribution in [0.5, 0.6) is 11.5 Å². The van der Waals surface area contributed by atoms with Gasteiger partial charge < -0.3 is 19.9 Å². The number of methoxy groups -OCH3 is 2. The van der Waals surface area contributed by atoms with Crippen molar-refractivity contribution in [2.75, 3.05) is 33.9 Å². The molecule has 0 unspecified atom stereocenters. The van der Waals surface area contributed by atoms with Gasteiger partial charge in [0.2, 0.25) is 0 Å². The minimum absolute atomic E-state index is 0.214. The zero-order chi connectivity index (χ0) is 12.3. The Balaban J connectivity index is 2.26. The van der Waals surface area contributed by atoms with Crippen LogP contribution in [-0.4, -0.2) is 39.0 Å². The first-order valence-corrected chi connectivity index (χ1v) is 5.83. The van der Waals surface area contributed by atoms with Crippen LogP contribution in [0.1, 0.15) is 11.5 Å². The van der Waals surface area contributed by atoms with Crippen molar-refractivity contribution >= 4 is 0 Å². The predicted molar refractivity (Wildman–Crippen MR) is 65.7 cm³/mol. The van der Waals surface area contributed by atoms with Gasteiger partial charge >= 0.3 is 0 Å². The summed E-state index contributed by atoms with van der Waals surface area (Å²) in [5, 5.41) is 12.6. The molecule has 0 bridgehead atoms. The quantitative estimate of drug-likeness (QED) is 0.820. The van der Waals surface area contributed by atoms with Gasteiger partial charge in [-0.1, -0.05) is 6.07 Å². The number of nitrogens with one attached hydrogen (secondary N) is 1. The minimum atomic E-state index is 0.214. The average molecular weight is 237 g/mol. The maximum atomic E-state index is 9.33. The lowest BCUT2D eigenvalue weighted by Crippen LogP contribution is -2.15. The summed E-state index contributed by atoms with van der Waals surface area (Å²) in [7, 11) is 3.27. The normalized spacial score (nSPS) is 23.7. The van der Waals surface area contributed by atoms with Crippen LogP contribution >= 0.6 is 0 Å². The summed E-state index contributed by atoms with van der Waals surface area (Å²) >= 11 is 0. The minimum Gasteiger partial charge on any atom is -0.493 e. The van der Waals surface area contributed by atoms with Crippen molar-refractivity contribution in [1.29, 1.82) is 0 Å². The fourth-order valence-corrected chi connectivity index (χ4v) is 2.40. The van der Waals surface area contributed by atoms with Gasteiger partial charge in [0.25, 0.3) is 0 Å². The Hall–Kier alpha value is -1.26. The lowest BCUT2D eigenvalue weighted by molar-refractivity contribution is 0.226. The number of ether oxygens (including phenoxy) is 2. The summed E-state index contributed by atoms with van der Waals surface area (Å²) in [6.07, 6.45) is 0. The van der Waals surface area contributed by atoms with Crippen LogP contribution in [0, 0.1) is 5.92 Å². The van der Waals surface area contributed by atoms with E-state index in [1.54, 1.807) is 14.2 Å². The smallest absolute Gasteiger partial charge is 0.160 e. The first-order chi connectivity index (χ1) is 8.30. The monoisotopic (exact) mass is 237 g/mol. The van der Waals surface area contributed by atoms with Gasteiger partial charge in [-0.15, -0.1) is 0 Å². The third-order valence-electron chi connectivity index (χ3n) is 3.41. The Morgan fingerprint density at radius 1 is 1.24 bits per heavy atom. The van der Waals surface area contributed by atoms with E-state index in [9.17, 15) is 5.11 Å². The molecule has 2 rings (SSSR count). The van der Waals surface area contributed by atoms with E-state index < -0.39 is 0 Å². The highest BCUT2D eigenvalue weighted by molar-refractivity contribution is 5.44. The van der Waals surface area contributed by atoms with E-state index >= 15 is 0 Å². The highest BCUT2D eigenvalue weighted by Gasteiger charge is 2.28. The molecule has 94 valence electrons. The summed E-state index contributed by atoms with van der Waals surface area (Å²) in [6.45, 7) is 1.99. The van der Waals surface area contributed by atoms with Crippen molar-refractivity contribution in [3.63, 3.8) is 0 Å². The molecule has 1 fully saturated rings. The molecule has 0 radical (unpaired) electrons. The molecule has 1 heterocycles. The van der Waals surface area contributed by atoms with Gasteiger partial charge in [0.15, 0.2) is 11.5 Å². The molecule has 1 saturated heterocycles. The van der Waals surface area contributed by atoms with Crippen LogP contribution in [0.4, 0.5) is 0 Å². The van der Waals surface area contributed by atoms with Crippen molar-refractivity contribution in [2.45, 2.75) is 5.92 Å². The van der Waals surface area contributed by atoms with Crippen LogP contribution < -0.4 is 14.8 Å². The Kier molecular flexibility index (Phi) is 3.86. The lowest BCUT2D eigenvalue weighted by atomic mass is 9.89. The number of hydrogen-bond donors (Lipinski definition) is 2. The van der Waals surface area contributed by atoms with Crippen molar-refractivity contribution in [1.82, 2.24) is 5.32 Å². The molecule has 17 heavy (non-hydrogen) atoms. The van der Waals surface area contributed by atoms with Crippen LogP contribution in [-0.2, 0) is 0 Å². The Labute approximate surface area is 102 Å². The maximum Gasteiger partial charge on any atom is 0.160 e. The van der Waals surface area contributed by atoms with Gasteiger partial charge in [-0.3, -0.25) is 0 Å². The second kappa shape index (κ2) is 5.38. The Morgan fingerprint density at radius 2 is 2.00 bits per heavy atom. The van der Waals surface area contributed by atoms with Gasteiger partial charge in [0.1, 0.15) is 0 Å². The molecule has 0 spiro atoms. The van der Waals surface area contributed by atoms with Crippen molar-refractivity contribution in [3.05, 3.63) is 23.8 Å². The van der Waals surface area contributed by atoms with E-state index in [1.165, 1.54) is 5.56 Å². The Bertz CT molecular complexity index is 381. The highest BCUT2D eigenvalue weighted by Crippen LogP contribution is 2.34. The van der Waals surface area contributed by atoms with Crippen LogP contribution in [0.15, 0.2) is 18.2 Å². The third-order valence-corrected chi connectivity index (χ3v) is 3.41. The van der Waals surface area contributed by atoms with Crippen molar-refractivity contribution in [3.8, 4) is 11.5 Å². The van der Waals surface area contributed by atoms with Gasteiger partial charge in [0.05, 0.1) is 14.2 Å². The molecule has 4 nitrogen and oxygen atoms in total. The summed E-state index contributed by atoms with van der Waals surface area (Å²) < 4.78 is 10.5. The van der Waals surface area contributed by atoms with E-state index in [-0.39, 0.29) is 12.5 Å². The van der Waals surface area contributed by atoms with Gasteiger partial charge in [-0.05, 0) is 17.7 Å². The Morgan fingerprint density at radius 3 is 2.65 bits per heavy atom. The highest BCUT2D eigenvalue weighted by atomic mass is 16.5. The maximum absolute atomic E-state index is 9.33. The second-order valence-corrected chi connectivity index (χ2v) is 4.32. The fourth-order valence-electron chi connectivity index (χ4n) is 2.40. The largest absolute Gasteiger partial charge is 0.493 e. The molecule has 2 N–H and O–H groups in total. The van der Waals surface area contributed by atoms with Crippen LogP contribution in [0.3, 0.4) is 0 Å². The number of rotatable bonds is 4. The zero-order valence-corrected chi connectivity index (χ0v) is 10.3. The van der Waals surface area contributed by atoms with E-state index in [0.717, 1.165) is 24.6 Å². The third kappa shape index (κ3) is 2.37. The number of benzene rings is 1. The number of aliphatic hydroxyl groups excluding tert-OH is 1. The average Bonchev–Trinajstić information content (AvgIpc) is 2.86. The molecular weight excluding hydrogens is 218 g/mol.